The van der Waals surface area contributed by atoms with Gasteiger partial charge in [-0.1, -0.05) is 48.5 Å². The van der Waals surface area contributed by atoms with Gasteiger partial charge in [-0.05, 0) is 80.0 Å². The van der Waals surface area contributed by atoms with E-state index in [1.54, 1.807) is 30.3 Å². The molecular weight excluding hydrogens is 598 g/mol. The molecule has 0 aliphatic carbocycles. The van der Waals surface area contributed by atoms with Crippen LogP contribution in [0.5, 0.6) is 0 Å². The lowest BCUT2D eigenvalue weighted by atomic mass is 9.99. The summed E-state index contributed by atoms with van der Waals surface area (Å²) < 4.78 is 5.80. The Kier molecular flexibility index (Phi) is 12.2. The molecule has 0 radical (unpaired) electrons. The summed E-state index contributed by atoms with van der Waals surface area (Å²) in [7, 11) is 5.50. The predicted octanol–water partition coefficient (Wildman–Crippen LogP) is 3.71. The first kappa shape index (κ1) is 34.0. The number of rotatable bonds is 15. The van der Waals surface area contributed by atoms with E-state index in [0.29, 0.717) is 32.0 Å². The molecule has 0 bridgehead atoms. The van der Waals surface area contributed by atoms with Gasteiger partial charge in [0.1, 0.15) is 18.7 Å². The first-order chi connectivity index (χ1) is 22.3. The number of likely N-dealkylation sites (tertiary alicyclic amines) is 1. The molecule has 3 aromatic rings. The van der Waals surface area contributed by atoms with Gasteiger partial charge in [0.2, 0.25) is 17.7 Å². The third-order valence-corrected chi connectivity index (χ3v) is 10.5. The van der Waals surface area contributed by atoms with Crippen LogP contribution in [0.25, 0.3) is 10.8 Å². The summed E-state index contributed by atoms with van der Waals surface area (Å²) in [4.78, 5) is 48.1. The van der Waals surface area contributed by atoms with Crippen molar-refractivity contribution < 1.29 is 19.1 Å². The highest BCUT2D eigenvalue weighted by Crippen LogP contribution is 2.21. The third kappa shape index (κ3) is 8.94. The van der Waals surface area contributed by atoms with E-state index < -0.39 is 12.1 Å². The Balaban J connectivity index is 1.33. The Bertz CT molecular complexity index is 1440. The number of nitrogens with zero attached hydrogens (tertiary/aromatic N) is 3. The fourth-order valence-electron chi connectivity index (χ4n) is 6.68. The van der Waals surface area contributed by atoms with Crippen LogP contribution >= 0.6 is 11.3 Å². The molecule has 2 saturated heterocycles. The monoisotopic (exact) mass is 647 g/mol. The molecule has 2 N–H and O–H groups in total. The Morgan fingerprint density at radius 2 is 1.83 bits per heavy atom. The molecule has 0 saturated carbocycles. The zero-order valence-corrected chi connectivity index (χ0v) is 28.3. The minimum absolute atomic E-state index is 0.103. The molecular formula is C36H49N5O4S. The number of nitrogens with one attached hydrogen (secondary N) is 2. The number of fused-ring (bicyclic) bond motifs is 1. The Labute approximate surface area is 277 Å². The normalized spacial score (nSPS) is 19.6. The zero-order valence-electron chi connectivity index (χ0n) is 27.5. The van der Waals surface area contributed by atoms with Crippen molar-refractivity contribution in [2.24, 2.45) is 0 Å². The number of thiophene rings is 1. The van der Waals surface area contributed by atoms with Crippen LogP contribution in [0, 0.1) is 0 Å². The summed E-state index contributed by atoms with van der Waals surface area (Å²) in [6.07, 6.45) is 6.07. The minimum Gasteiger partial charge on any atom is -0.370 e. The Morgan fingerprint density at radius 3 is 2.54 bits per heavy atom. The highest BCUT2D eigenvalue weighted by Gasteiger charge is 2.35. The highest BCUT2D eigenvalue weighted by atomic mass is 32.1. The number of hydrogen-bond donors (Lipinski definition) is 2. The number of likely N-dealkylation sites (N-methyl/N-ethyl adjacent to an activating group) is 2. The van der Waals surface area contributed by atoms with Crippen LogP contribution in [0.1, 0.15) is 42.5 Å². The van der Waals surface area contributed by atoms with E-state index in [4.69, 9.17) is 4.74 Å². The smallest absolute Gasteiger partial charge is 0.249 e. The second-order valence-corrected chi connectivity index (χ2v) is 13.9. The summed E-state index contributed by atoms with van der Waals surface area (Å²) in [5.74, 6) is -0.699. The maximum Gasteiger partial charge on any atom is 0.249 e. The number of benzene rings is 2. The lowest BCUT2D eigenvalue weighted by Crippen LogP contribution is -2.56. The molecule has 0 spiro atoms. The molecule has 10 heteroatoms. The van der Waals surface area contributed by atoms with Crippen LogP contribution in [0.15, 0.2) is 60.0 Å². The average molecular weight is 648 g/mol. The van der Waals surface area contributed by atoms with Crippen molar-refractivity contribution in [1.82, 2.24) is 25.3 Å². The molecule has 1 aromatic heterocycles. The number of amides is 3. The number of hydrogen-bond acceptors (Lipinski definition) is 7. The molecule has 3 heterocycles. The summed E-state index contributed by atoms with van der Waals surface area (Å²) in [6.45, 7) is 2.97. The SMILES string of the molecule is CN1CCCC1CCNC(=O)[C@@H](Cc1cccs1)N(C)C(=O)[C@@H](Cc1ccc2ccccc2c1)N(C)C(=O)COC[C@H]1CCCN1. The zero-order chi connectivity index (χ0) is 32.5. The van der Waals surface area contributed by atoms with Gasteiger partial charge in [-0.3, -0.25) is 14.4 Å². The van der Waals surface area contributed by atoms with Gasteiger partial charge in [0.05, 0.1) is 6.61 Å². The fraction of sp³-hybridized carbons (Fsp3) is 0.528. The molecule has 248 valence electrons. The van der Waals surface area contributed by atoms with Gasteiger partial charge in [0.25, 0.3) is 0 Å². The van der Waals surface area contributed by atoms with Crippen molar-refractivity contribution in [1.29, 1.82) is 0 Å². The first-order valence-electron chi connectivity index (χ1n) is 16.6. The van der Waals surface area contributed by atoms with Gasteiger partial charge >= 0.3 is 0 Å². The molecule has 46 heavy (non-hydrogen) atoms. The average Bonchev–Trinajstić information content (AvgIpc) is 3.86. The summed E-state index contributed by atoms with van der Waals surface area (Å²) in [6, 6.07) is 17.4. The number of ether oxygens (including phenoxy) is 1. The van der Waals surface area contributed by atoms with Gasteiger partial charge in [-0.25, -0.2) is 0 Å². The molecule has 1 unspecified atom stereocenters. The second kappa shape index (κ2) is 16.5. The van der Waals surface area contributed by atoms with Crippen LogP contribution in [0.4, 0.5) is 0 Å². The number of carbonyl (C=O) groups is 3. The van der Waals surface area contributed by atoms with Crippen molar-refractivity contribution in [3.05, 3.63) is 70.4 Å². The molecule has 9 nitrogen and oxygen atoms in total. The standard InChI is InChI=1S/C36H49N5O4S/c1-39-19-7-12-30(39)16-18-38-35(43)32(23-31-13-8-20-46-31)41(3)36(44)33(22-26-14-15-27-9-4-5-10-28(27)21-26)40(2)34(42)25-45-24-29-11-6-17-37-29/h4-5,8-10,13-15,20-21,29-30,32-33,37H,6-7,11-12,16-19,22-25H2,1-3H3,(H,38,43)/t29-,30?,32-,33-/m1/s1. The summed E-state index contributed by atoms with van der Waals surface area (Å²) in [5.41, 5.74) is 0.945. The molecule has 5 rings (SSSR count). The van der Waals surface area contributed by atoms with E-state index in [2.05, 4.69) is 34.7 Å². The van der Waals surface area contributed by atoms with Crippen LogP contribution in [-0.4, -0.2) is 111 Å². The quantitative estimate of drug-likeness (QED) is 0.261. The summed E-state index contributed by atoms with van der Waals surface area (Å²) in [5, 5.41) is 10.7. The highest BCUT2D eigenvalue weighted by molar-refractivity contribution is 7.09. The topological polar surface area (TPSA) is 94.2 Å². The van der Waals surface area contributed by atoms with Crippen molar-refractivity contribution in [2.45, 2.75) is 69.1 Å². The van der Waals surface area contributed by atoms with Crippen molar-refractivity contribution in [3.8, 4) is 0 Å². The van der Waals surface area contributed by atoms with Gasteiger partial charge in [-0.15, -0.1) is 11.3 Å². The van der Waals surface area contributed by atoms with E-state index in [1.807, 2.05) is 47.8 Å². The van der Waals surface area contributed by atoms with E-state index in [0.717, 1.165) is 60.0 Å². The van der Waals surface area contributed by atoms with E-state index >= 15 is 0 Å². The van der Waals surface area contributed by atoms with Crippen LogP contribution < -0.4 is 10.6 Å². The largest absolute Gasteiger partial charge is 0.370 e. The second-order valence-electron chi connectivity index (χ2n) is 12.8. The van der Waals surface area contributed by atoms with E-state index in [-0.39, 0.29) is 30.4 Å². The molecule has 2 fully saturated rings. The maximum absolute atomic E-state index is 14.4. The molecule has 4 atom stereocenters. The maximum atomic E-state index is 14.4. The third-order valence-electron chi connectivity index (χ3n) is 9.64. The predicted molar refractivity (Wildman–Crippen MR) is 184 cm³/mol. The Morgan fingerprint density at radius 1 is 1.00 bits per heavy atom. The van der Waals surface area contributed by atoms with Crippen LogP contribution in [0.3, 0.4) is 0 Å². The van der Waals surface area contributed by atoms with Crippen molar-refractivity contribution >= 4 is 39.8 Å². The van der Waals surface area contributed by atoms with Gasteiger partial charge < -0.3 is 30.1 Å². The van der Waals surface area contributed by atoms with E-state index in [9.17, 15) is 14.4 Å². The molecule has 2 aromatic carbocycles. The molecule has 3 amide bonds. The fourth-order valence-corrected chi connectivity index (χ4v) is 7.42. The van der Waals surface area contributed by atoms with E-state index in [1.165, 1.54) is 11.3 Å². The number of carbonyl (C=O) groups excluding carboxylic acids is 3. The first-order valence-corrected chi connectivity index (χ1v) is 17.5. The van der Waals surface area contributed by atoms with Crippen molar-refractivity contribution in [2.75, 3.05) is 54.0 Å². The lowest BCUT2D eigenvalue weighted by molar-refractivity contribution is -0.149. The van der Waals surface area contributed by atoms with Gasteiger partial charge in [0.15, 0.2) is 0 Å². The Hall–Kier alpha value is -3.31. The van der Waals surface area contributed by atoms with Crippen LogP contribution in [-0.2, 0) is 32.0 Å². The van der Waals surface area contributed by atoms with Crippen molar-refractivity contribution in [3.63, 3.8) is 0 Å². The van der Waals surface area contributed by atoms with Gasteiger partial charge in [0, 0.05) is 50.4 Å². The molecule has 2 aliphatic rings. The minimum atomic E-state index is -0.808. The molecule has 2 aliphatic heterocycles. The van der Waals surface area contributed by atoms with Crippen LogP contribution in [0.2, 0.25) is 0 Å². The lowest BCUT2D eigenvalue weighted by Gasteiger charge is -2.34. The summed E-state index contributed by atoms with van der Waals surface area (Å²) >= 11 is 1.57. The van der Waals surface area contributed by atoms with Gasteiger partial charge in [-0.2, -0.15) is 0 Å².